The Kier molecular flexibility index (Phi) is 5.78. The number of ether oxygens (including phenoxy) is 3. The number of amides is 1. The van der Waals surface area contributed by atoms with Crippen LogP contribution >= 0.6 is 0 Å². The van der Waals surface area contributed by atoms with Gasteiger partial charge in [0, 0.05) is 17.7 Å². The summed E-state index contributed by atoms with van der Waals surface area (Å²) < 4.78 is 15.8. The van der Waals surface area contributed by atoms with Crippen molar-refractivity contribution in [1.82, 2.24) is 0 Å². The van der Waals surface area contributed by atoms with Crippen molar-refractivity contribution in [3.8, 4) is 17.2 Å². The van der Waals surface area contributed by atoms with Gasteiger partial charge < -0.3 is 19.5 Å². The Morgan fingerprint density at radius 3 is 2.36 bits per heavy atom. The second kappa shape index (κ2) is 8.00. The van der Waals surface area contributed by atoms with Crippen LogP contribution in [0, 0.1) is 10.1 Å². The maximum absolute atomic E-state index is 12.5. The molecule has 8 nitrogen and oxygen atoms in total. The van der Waals surface area contributed by atoms with Crippen LogP contribution in [0.3, 0.4) is 0 Å². The number of hydrogen-bond acceptors (Lipinski definition) is 6. The van der Waals surface area contributed by atoms with Gasteiger partial charge in [0.2, 0.25) is 0 Å². The predicted octanol–water partition coefficient (Wildman–Crippen LogP) is 3.26. The fourth-order valence-electron chi connectivity index (χ4n) is 2.19. The molecule has 0 aromatic heterocycles. The molecule has 1 amide bonds. The number of nitrogens with zero attached hydrogens (tertiary/aromatic N) is 1. The van der Waals surface area contributed by atoms with E-state index in [0.29, 0.717) is 29.4 Å². The number of nitro groups is 1. The number of rotatable bonds is 7. The molecule has 0 fully saturated rings. The number of methoxy groups -OCH3 is 2. The molecule has 2 rings (SSSR count). The Hall–Kier alpha value is -3.29. The largest absolute Gasteiger partial charge is 0.495 e. The van der Waals surface area contributed by atoms with Crippen molar-refractivity contribution in [3.05, 3.63) is 52.1 Å². The third kappa shape index (κ3) is 4.17. The lowest BCUT2D eigenvalue weighted by Gasteiger charge is -2.12. The monoisotopic (exact) mass is 346 g/mol. The zero-order valence-electron chi connectivity index (χ0n) is 14.1. The SMILES string of the molecule is CCOc1ccc(C(=O)Nc2cc([N+](=O)[O-])ccc2OC)cc1OC. The molecule has 0 aliphatic heterocycles. The number of carbonyl (C=O) groups is 1. The van der Waals surface area contributed by atoms with Crippen molar-refractivity contribution in [3.63, 3.8) is 0 Å². The molecule has 0 radical (unpaired) electrons. The van der Waals surface area contributed by atoms with Gasteiger partial charge in [-0.05, 0) is 31.2 Å². The summed E-state index contributed by atoms with van der Waals surface area (Å²) in [5.41, 5.74) is 0.365. The van der Waals surface area contributed by atoms with E-state index < -0.39 is 10.8 Å². The van der Waals surface area contributed by atoms with E-state index in [9.17, 15) is 14.9 Å². The summed E-state index contributed by atoms with van der Waals surface area (Å²) >= 11 is 0. The molecule has 0 saturated carbocycles. The standard InChI is InChI=1S/C17H18N2O6/c1-4-25-15-7-5-11(9-16(15)24-3)17(20)18-13-10-12(19(21)22)6-8-14(13)23-2/h5-10H,4H2,1-3H3,(H,18,20). The Morgan fingerprint density at radius 2 is 1.76 bits per heavy atom. The van der Waals surface area contributed by atoms with Gasteiger partial charge in [-0.25, -0.2) is 0 Å². The molecule has 25 heavy (non-hydrogen) atoms. The second-order valence-corrected chi connectivity index (χ2v) is 4.89. The molecule has 0 aliphatic rings. The van der Waals surface area contributed by atoms with Gasteiger partial charge in [0.25, 0.3) is 11.6 Å². The van der Waals surface area contributed by atoms with Crippen LogP contribution in [0.4, 0.5) is 11.4 Å². The minimum Gasteiger partial charge on any atom is -0.495 e. The van der Waals surface area contributed by atoms with Gasteiger partial charge in [-0.2, -0.15) is 0 Å². The van der Waals surface area contributed by atoms with Crippen LogP contribution in [-0.4, -0.2) is 31.7 Å². The summed E-state index contributed by atoms with van der Waals surface area (Å²) in [6.45, 7) is 2.31. The highest BCUT2D eigenvalue weighted by atomic mass is 16.6. The van der Waals surface area contributed by atoms with Gasteiger partial charge in [0.05, 0.1) is 31.4 Å². The first kappa shape index (κ1) is 18.1. The lowest BCUT2D eigenvalue weighted by Crippen LogP contribution is -2.13. The van der Waals surface area contributed by atoms with Gasteiger partial charge in [0.15, 0.2) is 11.5 Å². The second-order valence-electron chi connectivity index (χ2n) is 4.89. The highest BCUT2D eigenvalue weighted by Crippen LogP contribution is 2.31. The fourth-order valence-corrected chi connectivity index (χ4v) is 2.19. The molecule has 132 valence electrons. The average molecular weight is 346 g/mol. The van der Waals surface area contributed by atoms with E-state index in [4.69, 9.17) is 14.2 Å². The van der Waals surface area contributed by atoms with Crippen LogP contribution in [0.1, 0.15) is 17.3 Å². The third-order valence-electron chi connectivity index (χ3n) is 3.37. The van der Waals surface area contributed by atoms with Gasteiger partial charge in [0.1, 0.15) is 5.75 Å². The van der Waals surface area contributed by atoms with Crippen LogP contribution in [0.2, 0.25) is 0 Å². The summed E-state index contributed by atoms with van der Waals surface area (Å²) in [6.07, 6.45) is 0. The lowest BCUT2D eigenvalue weighted by molar-refractivity contribution is -0.384. The molecule has 2 aromatic rings. The summed E-state index contributed by atoms with van der Waals surface area (Å²) in [4.78, 5) is 22.8. The highest BCUT2D eigenvalue weighted by molar-refractivity contribution is 6.05. The first-order valence-corrected chi connectivity index (χ1v) is 7.44. The first-order chi connectivity index (χ1) is 12.0. The van der Waals surface area contributed by atoms with Crippen LogP contribution in [0.15, 0.2) is 36.4 Å². The van der Waals surface area contributed by atoms with E-state index in [-0.39, 0.29) is 11.4 Å². The molecule has 0 saturated heterocycles. The Morgan fingerprint density at radius 1 is 1.08 bits per heavy atom. The van der Waals surface area contributed by atoms with E-state index in [1.54, 1.807) is 12.1 Å². The smallest absolute Gasteiger partial charge is 0.271 e. The molecule has 8 heteroatoms. The number of carbonyl (C=O) groups excluding carboxylic acids is 1. The van der Waals surface area contributed by atoms with E-state index in [1.807, 2.05) is 6.92 Å². The van der Waals surface area contributed by atoms with Gasteiger partial charge in [-0.3, -0.25) is 14.9 Å². The van der Waals surface area contributed by atoms with Gasteiger partial charge in [-0.15, -0.1) is 0 Å². The van der Waals surface area contributed by atoms with Crippen molar-refractivity contribution in [2.45, 2.75) is 6.92 Å². The Labute approximate surface area is 144 Å². The van der Waals surface area contributed by atoms with E-state index >= 15 is 0 Å². The molecule has 1 N–H and O–H groups in total. The number of non-ortho nitro benzene ring substituents is 1. The van der Waals surface area contributed by atoms with Crippen LogP contribution in [0.5, 0.6) is 17.2 Å². The number of nitrogens with one attached hydrogen (secondary N) is 1. The van der Waals surface area contributed by atoms with E-state index in [0.717, 1.165) is 0 Å². The molecule has 0 spiro atoms. The normalized spacial score (nSPS) is 10.0. The Bertz CT molecular complexity index is 791. The molecule has 0 aliphatic carbocycles. The summed E-state index contributed by atoms with van der Waals surface area (Å²) in [6, 6.07) is 8.70. The molecule has 0 atom stereocenters. The molecule has 0 unspecified atom stereocenters. The van der Waals surface area contributed by atoms with Crippen LogP contribution < -0.4 is 19.5 Å². The van der Waals surface area contributed by atoms with Crippen LogP contribution in [0.25, 0.3) is 0 Å². The van der Waals surface area contributed by atoms with Crippen molar-refractivity contribution >= 4 is 17.3 Å². The average Bonchev–Trinajstić information content (AvgIpc) is 2.62. The zero-order valence-corrected chi connectivity index (χ0v) is 14.1. The summed E-state index contributed by atoms with van der Waals surface area (Å²) in [5.74, 6) is 0.798. The molecule has 2 aromatic carbocycles. The lowest BCUT2D eigenvalue weighted by atomic mass is 10.1. The van der Waals surface area contributed by atoms with Crippen molar-refractivity contribution in [2.24, 2.45) is 0 Å². The Balaban J connectivity index is 2.30. The molecular weight excluding hydrogens is 328 g/mol. The maximum atomic E-state index is 12.5. The van der Waals surface area contributed by atoms with Crippen molar-refractivity contribution in [2.75, 3.05) is 26.1 Å². The molecular formula is C17H18N2O6. The molecule has 0 heterocycles. The predicted molar refractivity (Wildman–Crippen MR) is 91.8 cm³/mol. The third-order valence-corrected chi connectivity index (χ3v) is 3.37. The summed E-state index contributed by atoms with van der Waals surface area (Å²) in [7, 11) is 2.89. The minimum atomic E-state index is -0.547. The fraction of sp³-hybridized carbons (Fsp3) is 0.235. The topological polar surface area (TPSA) is 99.9 Å². The van der Waals surface area contributed by atoms with Crippen molar-refractivity contribution < 1.29 is 23.9 Å². The number of benzene rings is 2. The zero-order chi connectivity index (χ0) is 18.4. The number of anilines is 1. The maximum Gasteiger partial charge on any atom is 0.271 e. The highest BCUT2D eigenvalue weighted by Gasteiger charge is 2.16. The van der Waals surface area contributed by atoms with Crippen molar-refractivity contribution in [1.29, 1.82) is 0 Å². The van der Waals surface area contributed by atoms with Gasteiger partial charge >= 0.3 is 0 Å². The van der Waals surface area contributed by atoms with Crippen LogP contribution in [-0.2, 0) is 0 Å². The van der Waals surface area contributed by atoms with Gasteiger partial charge in [-0.1, -0.05) is 0 Å². The number of hydrogen-bond donors (Lipinski definition) is 1. The van der Waals surface area contributed by atoms with E-state index in [2.05, 4.69) is 5.32 Å². The summed E-state index contributed by atoms with van der Waals surface area (Å²) in [5, 5.41) is 13.5. The quantitative estimate of drug-likeness (QED) is 0.610. The minimum absolute atomic E-state index is 0.152. The number of nitro benzene ring substituents is 1. The molecule has 0 bridgehead atoms. The van der Waals surface area contributed by atoms with E-state index in [1.165, 1.54) is 38.5 Å². The first-order valence-electron chi connectivity index (χ1n) is 7.44.